The molecule has 6 heteroatoms. The van der Waals surface area contributed by atoms with Crippen molar-refractivity contribution in [3.05, 3.63) is 21.0 Å². The van der Waals surface area contributed by atoms with Crippen LogP contribution in [0, 0.1) is 5.92 Å². The van der Waals surface area contributed by atoms with E-state index in [1.807, 2.05) is 13.1 Å². The first-order chi connectivity index (χ1) is 10.2. The average Bonchev–Trinajstić information content (AvgIpc) is 3.33. The van der Waals surface area contributed by atoms with Gasteiger partial charge in [0.2, 0.25) is 0 Å². The van der Waals surface area contributed by atoms with Crippen molar-refractivity contribution in [1.82, 2.24) is 15.1 Å². The topological polar surface area (TPSA) is 50.2 Å². The molecule has 2 fully saturated rings. The van der Waals surface area contributed by atoms with E-state index in [0.717, 1.165) is 37.5 Å². The van der Waals surface area contributed by atoms with Crippen LogP contribution in [0.5, 0.6) is 0 Å². The number of nitrogens with zero attached hydrogens (tertiary/aromatic N) is 3. The van der Waals surface area contributed by atoms with Crippen molar-refractivity contribution in [3.63, 3.8) is 0 Å². The molecule has 0 unspecified atom stereocenters. The molecule has 2 aliphatic rings. The van der Waals surface area contributed by atoms with E-state index in [0.29, 0.717) is 17.1 Å². The molecule has 1 aromatic heterocycles. The Balaban J connectivity index is 1.61. The summed E-state index contributed by atoms with van der Waals surface area (Å²) in [5.74, 6) is 0.933. The van der Waals surface area contributed by atoms with E-state index in [9.17, 15) is 4.79 Å². The largest absolute Gasteiger partial charge is 0.369 e. The number of aromatic nitrogens is 2. The van der Waals surface area contributed by atoms with Gasteiger partial charge in [0.25, 0.3) is 5.56 Å². The molecule has 1 saturated carbocycles. The number of aryl methyl sites for hydroxylation is 1. The van der Waals surface area contributed by atoms with Gasteiger partial charge in [0.05, 0.1) is 11.9 Å². The van der Waals surface area contributed by atoms with Crippen LogP contribution in [-0.2, 0) is 6.54 Å². The molecule has 21 heavy (non-hydrogen) atoms. The van der Waals surface area contributed by atoms with Gasteiger partial charge in [-0.25, -0.2) is 4.68 Å². The predicted octanol–water partition coefficient (Wildman–Crippen LogP) is 1.99. The number of hydrogen-bond donors (Lipinski definition) is 1. The van der Waals surface area contributed by atoms with Crippen LogP contribution in [0.3, 0.4) is 0 Å². The zero-order valence-corrected chi connectivity index (χ0v) is 14.1. The summed E-state index contributed by atoms with van der Waals surface area (Å²) in [6.07, 6.45) is 6.88. The second-order valence-electron chi connectivity index (χ2n) is 6.08. The molecule has 0 aromatic carbocycles. The van der Waals surface area contributed by atoms with Crippen molar-refractivity contribution < 1.29 is 0 Å². The van der Waals surface area contributed by atoms with Crippen LogP contribution < -0.4 is 15.8 Å². The lowest BCUT2D eigenvalue weighted by molar-refractivity contribution is 0.408. The second-order valence-corrected chi connectivity index (χ2v) is 6.87. The van der Waals surface area contributed by atoms with Crippen molar-refractivity contribution in [2.24, 2.45) is 5.92 Å². The van der Waals surface area contributed by atoms with E-state index < -0.39 is 0 Å². The maximum atomic E-state index is 12.1. The minimum atomic E-state index is -0.0380. The Labute approximate surface area is 133 Å². The Morgan fingerprint density at radius 3 is 2.67 bits per heavy atom. The van der Waals surface area contributed by atoms with E-state index >= 15 is 0 Å². The quantitative estimate of drug-likeness (QED) is 0.878. The minimum absolute atomic E-state index is 0.0380. The van der Waals surface area contributed by atoms with E-state index in [2.05, 4.69) is 31.2 Å². The summed E-state index contributed by atoms with van der Waals surface area (Å²) < 4.78 is 2.13. The fraction of sp³-hybridized carbons (Fsp3) is 0.733. The molecular formula is C15H23BrN4O. The zero-order chi connectivity index (χ0) is 14.8. The highest BCUT2D eigenvalue weighted by Crippen LogP contribution is 2.29. The summed E-state index contributed by atoms with van der Waals surface area (Å²) in [4.78, 5) is 14.4. The van der Waals surface area contributed by atoms with E-state index in [4.69, 9.17) is 0 Å². The van der Waals surface area contributed by atoms with Gasteiger partial charge in [-0.2, -0.15) is 5.10 Å². The Hall–Kier alpha value is -0.880. The highest BCUT2D eigenvalue weighted by atomic mass is 79.9. The number of halogens is 1. The van der Waals surface area contributed by atoms with Crippen molar-refractivity contribution in [3.8, 4) is 0 Å². The molecule has 3 rings (SSSR count). The van der Waals surface area contributed by atoms with Crippen LogP contribution in [0.4, 0.5) is 5.69 Å². The third-order valence-corrected chi connectivity index (χ3v) is 5.24. The van der Waals surface area contributed by atoms with Crippen molar-refractivity contribution in [2.45, 2.75) is 45.2 Å². The van der Waals surface area contributed by atoms with Gasteiger partial charge in [0.15, 0.2) is 0 Å². The van der Waals surface area contributed by atoms with Gasteiger partial charge < -0.3 is 10.2 Å². The zero-order valence-electron chi connectivity index (χ0n) is 12.5. The maximum Gasteiger partial charge on any atom is 0.283 e. The molecular weight excluding hydrogens is 332 g/mol. The highest BCUT2D eigenvalue weighted by molar-refractivity contribution is 9.10. The normalized spacial score (nSPS) is 20.0. The van der Waals surface area contributed by atoms with E-state index in [-0.39, 0.29) is 5.56 Å². The summed E-state index contributed by atoms with van der Waals surface area (Å²) in [5, 5.41) is 7.92. The van der Waals surface area contributed by atoms with Crippen LogP contribution in [0.25, 0.3) is 0 Å². The molecule has 116 valence electrons. The first kappa shape index (κ1) is 15.0. The third kappa shape index (κ3) is 3.48. The first-order valence-electron chi connectivity index (χ1n) is 7.93. The standard InChI is InChI=1S/C15H23BrN4O/c1-2-20-15(21)14(16)13(10-18-20)19-7-5-12(6-8-19)17-9-11-3-4-11/h10-12,17H,2-9H2,1H3. The minimum Gasteiger partial charge on any atom is -0.369 e. The highest BCUT2D eigenvalue weighted by Gasteiger charge is 2.25. The monoisotopic (exact) mass is 354 g/mol. The molecule has 0 spiro atoms. The molecule has 0 radical (unpaired) electrons. The van der Waals surface area contributed by atoms with E-state index in [1.165, 1.54) is 24.1 Å². The molecule has 0 atom stereocenters. The van der Waals surface area contributed by atoms with Gasteiger partial charge in [-0.15, -0.1) is 0 Å². The summed E-state index contributed by atoms with van der Waals surface area (Å²) in [6.45, 7) is 5.68. The number of nitrogens with one attached hydrogen (secondary N) is 1. The molecule has 5 nitrogen and oxygen atoms in total. The van der Waals surface area contributed by atoms with Gasteiger partial charge in [0, 0.05) is 25.7 Å². The molecule has 1 saturated heterocycles. The summed E-state index contributed by atoms with van der Waals surface area (Å²) >= 11 is 3.45. The molecule has 2 heterocycles. The lowest BCUT2D eigenvalue weighted by atomic mass is 10.0. The lowest BCUT2D eigenvalue weighted by Gasteiger charge is -2.34. The Morgan fingerprint density at radius 1 is 1.33 bits per heavy atom. The van der Waals surface area contributed by atoms with Gasteiger partial charge in [0.1, 0.15) is 4.47 Å². The van der Waals surface area contributed by atoms with Crippen LogP contribution in [-0.4, -0.2) is 35.5 Å². The Morgan fingerprint density at radius 2 is 2.05 bits per heavy atom. The molecule has 1 aliphatic carbocycles. The average molecular weight is 355 g/mol. The predicted molar refractivity (Wildman–Crippen MR) is 87.8 cm³/mol. The maximum absolute atomic E-state index is 12.1. The van der Waals surface area contributed by atoms with Gasteiger partial charge in [-0.05, 0) is 61.0 Å². The smallest absolute Gasteiger partial charge is 0.283 e. The van der Waals surface area contributed by atoms with Gasteiger partial charge in [-0.3, -0.25) is 4.79 Å². The number of piperidine rings is 1. The SMILES string of the molecule is CCn1ncc(N2CCC(NCC3CC3)CC2)c(Br)c1=O. The molecule has 0 amide bonds. The fourth-order valence-corrected chi connectivity index (χ4v) is 3.44. The summed E-state index contributed by atoms with van der Waals surface area (Å²) in [7, 11) is 0. The molecule has 1 aromatic rings. The van der Waals surface area contributed by atoms with Crippen molar-refractivity contribution in [2.75, 3.05) is 24.5 Å². The van der Waals surface area contributed by atoms with Crippen LogP contribution in [0.1, 0.15) is 32.6 Å². The second kappa shape index (κ2) is 6.48. The van der Waals surface area contributed by atoms with E-state index in [1.54, 1.807) is 0 Å². The van der Waals surface area contributed by atoms with Crippen molar-refractivity contribution in [1.29, 1.82) is 0 Å². The third-order valence-electron chi connectivity index (χ3n) is 4.49. The fourth-order valence-electron chi connectivity index (χ4n) is 2.88. The summed E-state index contributed by atoms with van der Waals surface area (Å²) in [5.41, 5.74) is 0.898. The Bertz CT molecular complexity index is 547. The summed E-state index contributed by atoms with van der Waals surface area (Å²) in [6, 6.07) is 0.629. The van der Waals surface area contributed by atoms with Gasteiger partial charge >= 0.3 is 0 Å². The van der Waals surface area contributed by atoms with Crippen LogP contribution >= 0.6 is 15.9 Å². The molecule has 0 bridgehead atoms. The number of hydrogen-bond acceptors (Lipinski definition) is 4. The number of rotatable bonds is 5. The van der Waals surface area contributed by atoms with Gasteiger partial charge in [-0.1, -0.05) is 0 Å². The molecule has 1 aliphatic heterocycles. The van der Waals surface area contributed by atoms with Crippen LogP contribution in [0.15, 0.2) is 15.5 Å². The number of anilines is 1. The first-order valence-corrected chi connectivity index (χ1v) is 8.72. The Kier molecular flexibility index (Phi) is 4.64. The molecule has 1 N–H and O–H groups in total. The lowest BCUT2D eigenvalue weighted by Crippen LogP contribution is -2.43. The van der Waals surface area contributed by atoms with Crippen LogP contribution in [0.2, 0.25) is 0 Å². The van der Waals surface area contributed by atoms with Crippen molar-refractivity contribution >= 4 is 21.6 Å².